The highest BCUT2D eigenvalue weighted by Crippen LogP contribution is 2.56. The highest BCUT2D eigenvalue weighted by molar-refractivity contribution is 7.67. The molecule has 6 nitrogen and oxygen atoms in total. The number of hydrogen-bond acceptors (Lipinski definition) is 6. The molecule has 0 spiro atoms. The molecule has 170 valence electrons. The lowest BCUT2D eigenvalue weighted by molar-refractivity contribution is 0.0929. The molecule has 0 aromatic heterocycles. The molecule has 1 aliphatic rings. The van der Waals surface area contributed by atoms with E-state index in [2.05, 4.69) is 0 Å². The molecular formula is C25H30O6P+. The fraction of sp³-hybridized carbons (Fsp3) is 0.440. The van der Waals surface area contributed by atoms with Gasteiger partial charge < -0.3 is 14.2 Å². The van der Waals surface area contributed by atoms with E-state index in [0.29, 0.717) is 24.2 Å². The van der Waals surface area contributed by atoms with Crippen LogP contribution in [0.25, 0.3) is 0 Å². The maximum Gasteiger partial charge on any atom is 0.434 e. The summed E-state index contributed by atoms with van der Waals surface area (Å²) in [7, 11) is 1.75. The number of rotatable bonds is 8. The van der Waals surface area contributed by atoms with Gasteiger partial charge in [0.25, 0.3) is 0 Å². The summed E-state index contributed by atoms with van der Waals surface area (Å²) < 4.78 is 29.9. The number of aryl methyl sites for hydroxylation is 3. The third-order valence-electron chi connectivity index (χ3n) is 6.26. The molecule has 1 atom stereocenters. The number of Topliss-reactive ketones (excluding diaryl/α,β-unsaturated/α-hetero) is 1. The molecule has 2 aromatic rings. The zero-order valence-corrected chi connectivity index (χ0v) is 20.4. The first kappa shape index (κ1) is 23.9. The van der Waals surface area contributed by atoms with E-state index in [9.17, 15) is 14.2 Å². The zero-order chi connectivity index (χ0) is 23.6. The quantitative estimate of drug-likeness (QED) is 0.368. The van der Waals surface area contributed by atoms with Crippen molar-refractivity contribution in [2.75, 3.05) is 21.3 Å². The fourth-order valence-corrected chi connectivity index (χ4v) is 6.60. The number of hydrogen-bond donors (Lipinski definition) is 0. The predicted molar refractivity (Wildman–Crippen MR) is 124 cm³/mol. The zero-order valence-electron chi connectivity index (χ0n) is 19.5. The Morgan fingerprint density at radius 1 is 0.812 bits per heavy atom. The van der Waals surface area contributed by atoms with Gasteiger partial charge in [0, 0.05) is 30.5 Å². The number of carbonyl (C=O) groups excluding carboxylic acids is 2. The van der Waals surface area contributed by atoms with Crippen LogP contribution in [0.5, 0.6) is 17.2 Å². The minimum absolute atomic E-state index is 0.0772. The fourth-order valence-electron chi connectivity index (χ4n) is 4.77. The summed E-state index contributed by atoms with van der Waals surface area (Å²) in [6.45, 7) is 5.76. The van der Waals surface area contributed by atoms with E-state index in [4.69, 9.17) is 14.2 Å². The number of carbonyl (C=O) groups is 2. The van der Waals surface area contributed by atoms with Gasteiger partial charge in [0.05, 0.1) is 21.3 Å². The van der Waals surface area contributed by atoms with Crippen molar-refractivity contribution in [3.8, 4) is 17.2 Å². The maximum atomic E-state index is 13.9. The van der Waals surface area contributed by atoms with Gasteiger partial charge in [-0.1, -0.05) is 22.3 Å². The first-order chi connectivity index (χ1) is 15.2. The van der Waals surface area contributed by atoms with Gasteiger partial charge in [0.1, 0.15) is 17.2 Å². The summed E-state index contributed by atoms with van der Waals surface area (Å²) in [6.07, 6.45) is 2.34. The monoisotopic (exact) mass is 457 g/mol. The second-order valence-corrected chi connectivity index (χ2v) is 10.2. The Morgan fingerprint density at radius 2 is 1.31 bits per heavy atom. The van der Waals surface area contributed by atoms with E-state index in [1.165, 1.54) is 21.3 Å². The molecule has 0 heterocycles. The summed E-state index contributed by atoms with van der Waals surface area (Å²) in [5.41, 5.74) is 2.76. The highest BCUT2D eigenvalue weighted by Gasteiger charge is 2.62. The average Bonchev–Trinajstić information content (AvgIpc) is 3.27. The van der Waals surface area contributed by atoms with Crippen LogP contribution < -0.4 is 14.2 Å². The van der Waals surface area contributed by atoms with Crippen LogP contribution in [0.1, 0.15) is 63.1 Å². The first-order valence-corrected chi connectivity index (χ1v) is 11.9. The van der Waals surface area contributed by atoms with Gasteiger partial charge in [0.2, 0.25) is 10.9 Å². The standard InChI is InChI=1S/C25H30O6P/c1-15-11-16(2)21(17(3)12-15)23(26)25(9-7-8-10-25)32(28)24(27)22-19(30-5)13-18(29-4)14-20(22)31-6/h11-14H,7-10H2,1-6H3/q+1. The summed E-state index contributed by atoms with van der Waals surface area (Å²) in [5.74, 6) is 0.657. The van der Waals surface area contributed by atoms with Crippen molar-refractivity contribution in [3.63, 3.8) is 0 Å². The maximum absolute atomic E-state index is 13.9. The van der Waals surface area contributed by atoms with Crippen LogP contribution in [0, 0.1) is 20.8 Å². The number of ether oxygens (including phenoxy) is 3. The van der Waals surface area contributed by atoms with Crippen LogP contribution in [-0.2, 0) is 4.57 Å². The molecule has 0 saturated heterocycles. The molecule has 0 radical (unpaired) electrons. The highest BCUT2D eigenvalue weighted by atomic mass is 31.1. The van der Waals surface area contributed by atoms with Gasteiger partial charge in [-0.25, -0.2) is 4.79 Å². The van der Waals surface area contributed by atoms with Crippen LogP contribution in [-0.4, -0.2) is 37.8 Å². The predicted octanol–water partition coefficient (Wildman–Crippen LogP) is 5.80. The molecular weight excluding hydrogens is 427 g/mol. The van der Waals surface area contributed by atoms with E-state index >= 15 is 0 Å². The van der Waals surface area contributed by atoms with Gasteiger partial charge in [-0.3, -0.25) is 4.79 Å². The Kier molecular flexibility index (Phi) is 7.04. The molecule has 1 fully saturated rings. The molecule has 0 aliphatic heterocycles. The molecule has 0 bridgehead atoms. The Bertz CT molecular complexity index is 1030. The minimum Gasteiger partial charge on any atom is -0.496 e. The summed E-state index contributed by atoms with van der Waals surface area (Å²) in [4.78, 5) is 27.5. The van der Waals surface area contributed by atoms with Gasteiger partial charge in [0.15, 0.2) is 5.56 Å². The molecule has 1 aliphatic carbocycles. The summed E-state index contributed by atoms with van der Waals surface area (Å²) >= 11 is 0. The van der Waals surface area contributed by atoms with Gasteiger partial charge in [-0.2, -0.15) is 0 Å². The van der Waals surface area contributed by atoms with Crippen LogP contribution >= 0.6 is 7.80 Å². The number of methoxy groups -OCH3 is 3. The molecule has 32 heavy (non-hydrogen) atoms. The molecule has 0 amide bonds. The number of benzene rings is 2. The Balaban J connectivity index is 2.12. The van der Waals surface area contributed by atoms with Crippen molar-refractivity contribution in [1.82, 2.24) is 0 Å². The van der Waals surface area contributed by atoms with Crippen molar-refractivity contribution in [2.24, 2.45) is 0 Å². The van der Waals surface area contributed by atoms with Crippen LogP contribution in [0.2, 0.25) is 0 Å². The molecule has 0 N–H and O–H groups in total. The van der Waals surface area contributed by atoms with Crippen LogP contribution in [0.4, 0.5) is 0 Å². The van der Waals surface area contributed by atoms with Crippen molar-refractivity contribution in [3.05, 3.63) is 52.1 Å². The Labute approximate surface area is 190 Å². The normalized spacial score (nSPS) is 15.2. The van der Waals surface area contributed by atoms with E-state index < -0.39 is 18.5 Å². The topological polar surface area (TPSA) is 78.9 Å². The first-order valence-electron chi connectivity index (χ1n) is 10.6. The summed E-state index contributed by atoms with van der Waals surface area (Å²) in [6, 6.07) is 7.01. The number of ketones is 1. The summed E-state index contributed by atoms with van der Waals surface area (Å²) in [5, 5.41) is -1.23. The van der Waals surface area contributed by atoms with E-state index in [1.54, 1.807) is 12.1 Å². The lowest BCUT2D eigenvalue weighted by Crippen LogP contribution is -2.35. The second kappa shape index (κ2) is 9.41. The van der Waals surface area contributed by atoms with Crippen molar-refractivity contribution in [1.29, 1.82) is 0 Å². The molecule has 2 aromatic carbocycles. The SMILES string of the molecule is COc1cc(OC)c(C(=O)[P+](=O)C2(C(=O)c3c(C)cc(C)cc3C)CCCC2)c(OC)c1. The second-order valence-electron chi connectivity index (χ2n) is 8.35. The van der Waals surface area contributed by atoms with E-state index in [1.807, 2.05) is 32.9 Å². The van der Waals surface area contributed by atoms with E-state index in [-0.39, 0.29) is 22.8 Å². The van der Waals surface area contributed by atoms with Crippen LogP contribution in [0.3, 0.4) is 0 Å². The largest absolute Gasteiger partial charge is 0.496 e. The molecule has 7 heteroatoms. The van der Waals surface area contributed by atoms with Gasteiger partial charge in [-0.05, 0) is 44.7 Å². The van der Waals surface area contributed by atoms with Crippen molar-refractivity contribution >= 4 is 19.1 Å². The molecule has 1 unspecified atom stereocenters. The van der Waals surface area contributed by atoms with Crippen molar-refractivity contribution in [2.45, 2.75) is 51.6 Å². The molecule has 3 rings (SSSR count). The molecule has 1 saturated carbocycles. The van der Waals surface area contributed by atoms with Gasteiger partial charge in [-0.15, -0.1) is 0 Å². The lowest BCUT2D eigenvalue weighted by atomic mass is 9.88. The van der Waals surface area contributed by atoms with Gasteiger partial charge >= 0.3 is 13.3 Å². The Morgan fingerprint density at radius 3 is 1.75 bits per heavy atom. The third kappa shape index (κ3) is 4.04. The smallest absolute Gasteiger partial charge is 0.434 e. The average molecular weight is 457 g/mol. The van der Waals surface area contributed by atoms with Crippen LogP contribution in [0.15, 0.2) is 24.3 Å². The Hall–Kier alpha value is -2.72. The third-order valence-corrected chi connectivity index (χ3v) is 8.28. The minimum atomic E-state index is -2.60. The lowest BCUT2D eigenvalue weighted by Gasteiger charge is -2.20. The van der Waals surface area contributed by atoms with E-state index in [0.717, 1.165) is 29.5 Å². The van der Waals surface area contributed by atoms with Crippen molar-refractivity contribution < 1.29 is 28.4 Å².